The van der Waals surface area contributed by atoms with Gasteiger partial charge in [-0.3, -0.25) is 14.3 Å². The number of rotatable bonds is 7. The molecule has 0 spiro atoms. The first-order chi connectivity index (χ1) is 16.6. The van der Waals surface area contributed by atoms with Crippen molar-refractivity contribution in [2.75, 3.05) is 4.90 Å². The van der Waals surface area contributed by atoms with E-state index in [9.17, 15) is 9.18 Å². The summed E-state index contributed by atoms with van der Waals surface area (Å²) in [6.45, 7) is 1.39. The highest BCUT2D eigenvalue weighted by Gasteiger charge is 2.22. The number of amides is 1. The van der Waals surface area contributed by atoms with Crippen molar-refractivity contribution in [3.05, 3.63) is 89.9 Å². The molecule has 0 fully saturated rings. The number of hydrogen-bond donors (Lipinski definition) is 0. The number of aromatic nitrogens is 4. The van der Waals surface area contributed by atoms with Crippen LogP contribution in [0.3, 0.4) is 0 Å². The third-order valence-electron chi connectivity index (χ3n) is 4.88. The molecule has 170 valence electrons. The lowest BCUT2D eigenvalue weighted by Gasteiger charge is -2.18. The number of thioether (sulfide) groups is 1. The summed E-state index contributed by atoms with van der Waals surface area (Å²) in [5, 5.41) is 11.6. The Balaban J connectivity index is 1.42. The molecule has 34 heavy (non-hydrogen) atoms. The van der Waals surface area contributed by atoms with Crippen LogP contribution in [0.25, 0.3) is 17.3 Å². The van der Waals surface area contributed by atoms with Crippen molar-refractivity contribution in [3.8, 4) is 17.3 Å². The number of para-hydroxylation sites is 2. The minimum atomic E-state index is -0.481. The van der Waals surface area contributed by atoms with Gasteiger partial charge in [0.05, 0.1) is 17.6 Å². The van der Waals surface area contributed by atoms with Crippen molar-refractivity contribution in [1.82, 2.24) is 19.7 Å². The predicted molar refractivity (Wildman–Crippen MR) is 130 cm³/mol. The van der Waals surface area contributed by atoms with Crippen LogP contribution in [0.1, 0.15) is 12.6 Å². The van der Waals surface area contributed by atoms with Gasteiger partial charge in [-0.25, -0.2) is 9.37 Å². The van der Waals surface area contributed by atoms with E-state index in [4.69, 9.17) is 4.42 Å². The molecule has 0 unspecified atom stereocenters. The third-order valence-corrected chi connectivity index (χ3v) is 6.71. The van der Waals surface area contributed by atoms with Gasteiger partial charge >= 0.3 is 0 Å². The highest BCUT2D eigenvalue weighted by molar-refractivity contribution is 7.98. The summed E-state index contributed by atoms with van der Waals surface area (Å²) in [5.41, 5.74) is 1.83. The summed E-state index contributed by atoms with van der Waals surface area (Å²) < 4.78 is 21.8. The fourth-order valence-electron chi connectivity index (χ4n) is 3.38. The lowest BCUT2D eigenvalue weighted by molar-refractivity contribution is -0.115. The van der Waals surface area contributed by atoms with E-state index in [1.807, 2.05) is 46.3 Å². The van der Waals surface area contributed by atoms with Crippen LogP contribution in [0.2, 0.25) is 0 Å². The SMILES string of the molecule is CC(=O)N(c1nc(CSc2nnc(-c3ccco3)n2-c2ccccc2)cs1)c1ccccc1F. The first-order valence-corrected chi connectivity index (χ1v) is 12.2. The van der Waals surface area contributed by atoms with Crippen molar-refractivity contribution in [1.29, 1.82) is 0 Å². The Labute approximate surface area is 202 Å². The summed E-state index contributed by atoms with van der Waals surface area (Å²) in [5.74, 6) is 0.903. The molecular formula is C24H18FN5O2S2. The smallest absolute Gasteiger partial charge is 0.230 e. The molecule has 7 nitrogen and oxygen atoms in total. The standard InChI is InChI=1S/C24H18FN5O2S2/c1-16(31)29(20-11-6-5-10-19(20)25)23-26-17(14-33-23)15-34-24-28-27-22(21-12-7-13-32-21)30(24)18-8-3-2-4-9-18/h2-14H,15H2,1H3. The van der Waals surface area contributed by atoms with Gasteiger partial charge in [-0.1, -0.05) is 42.1 Å². The minimum absolute atomic E-state index is 0.176. The van der Waals surface area contributed by atoms with Crippen LogP contribution in [0.15, 0.2) is 87.9 Å². The van der Waals surface area contributed by atoms with Crippen LogP contribution in [0, 0.1) is 5.82 Å². The molecule has 0 aliphatic carbocycles. The van der Waals surface area contributed by atoms with Crippen molar-refractivity contribution in [2.45, 2.75) is 17.8 Å². The number of furan rings is 1. The third kappa shape index (κ3) is 4.37. The zero-order valence-electron chi connectivity index (χ0n) is 18.0. The van der Waals surface area contributed by atoms with Crippen molar-refractivity contribution in [2.24, 2.45) is 0 Å². The van der Waals surface area contributed by atoms with Crippen LogP contribution < -0.4 is 4.90 Å². The maximum atomic E-state index is 14.3. The van der Waals surface area contributed by atoms with Gasteiger partial charge in [0, 0.05) is 23.7 Å². The molecule has 10 heteroatoms. The molecule has 0 bridgehead atoms. The zero-order valence-corrected chi connectivity index (χ0v) is 19.6. The van der Waals surface area contributed by atoms with Gasteiger partial charge in [0.25, 0.3) is 0 Å². The number of halogens is 1. The molecule has 1 amide bonds. The average molecular weight is 492 g/mol. The second-order valence-corrected chi connectivity index (χ2v) is 8.95. The molecule has 0 atom stereocenters. The lowest BCUT2D eigenvalue weighted by atomic mass is 10.3. The lowest BCUT2D eigenvalue weighted by Crippen LogP contribution is -2.23. The van der Waals surface area contributed by atoms with Gasteiger partial charge in [-0.15, -0.1) is 21.5 Å². The van der Waals surface area contributed by atoms with Crippen molar-refractivity contribution in [3.63, 3.8) is 0 Å². The molecular weight excluding hydrogens is 473 g/mol. The number of nitrogens with zero attached hydrogens (tertiary/aromatic N) is 5. The van der Waals surface area contributed by atoms with E-state index in [0.717, 1.165) is 11.4 Å². The maximum Gasteiger partial charge on any atom is 0.230 e. The predicted octanol–water partition coefficient (Wildman–Crippen LogP) is 6.10. The summed E-state index contributed by atoms with van der Waals surface area (Å²) >= 11 is 2.74. The van der Waals surface area contributed by atoms with Gasteiger partial charge in [0.2, 0.25) is 11.7 Å². The van der Waals surface area contributed by atoms with E-state index < -0.39 is 5.82 Å². The molecule has 0 saturated carbocycles. The largest absolute Gasteiger partial charge is 0.461 e. The van der Waals surface area contributed by atoms with Gasteiger partial charge < -0.3 is 4.42 Å². The number of carbonyl (C=O) groups excluding carboxylic acids is 1. The highest BCUT2D eigenvalue weighted by atomic mass is 32.2. The summed E-state index contributed by atoms with van der Waals surface area (Å²) in [7, 11) is 0. The Kier molecular flexibility index (Phi) is 6.24. The first-order valence-electron chi connectivity index (χ1n) is 10.3. The maximum absolute atomic E-state index is 14.3. The van der Waals surface area contributed by atoms with E-state index in [1.54, 1.807) is 30.5 Å². The quantitative estimate of drug-likeness (QED) is 0.256. The summed E-state index contributed by atoms with van der Waals surface area (Å²) in [6, 6.07) is 19.6. The molecule has 3 heterocycles. The summed E-state index contributed by atoms with van der Waals surface area (Å²) in [6.07, 6.45) is 1.60. The van der Waals surface area contributed by atoms with Gasteiger partial charge in [0.15, 0.2) is 16.0 Å². The van der Waals surface area contributed by atoms with Crippen LogP contribution in [-0.4, -0.2) is 25.7 Å². The molecule has 5 rings (SSSR count). The number of hydrogen-bond acceptors (Lipinski definition) is 7. The Morgan fingerprint density at radius 2 is 1.88 bits per heavy atom. The van der Waals surface area contributed by atoms with Gasteiger partial charge in [0.1, 0.15) is 5.82 Å². The van der Waals surface area contributed by atoms with Crippen molar-refractivity contribution >= 4 is 39.8 Å². The topological polar surface area (TPSA) is 77.1 Å². The normalized spacial score (nSPS) is 11.0. The first kappa shape index (κ1) is 22.1. The molecule has 0 N–H and O–H groups in total. The number of thiazole rings is 1. The Morgan fingerprint density at radius 1 is 1.09 bits per heavy atom. The molecule has 0 aliphatic rings. The Morgan fingerprint density at radius 3 is 2.62 bits per heavy atom. The number of benzene rings is 2. The van der Waals surface area contributed by atoms with E-state index in [-0.39, 0.29) is 11.6 Å². The van der Waals surface area contributed by atoms with Crippen LogP contribution >= 0.6 is 23.1 Å². The monoisotopic (exact) mass is 491 g/mol. The second kappa shape index (κ2) is 9.62. The Bertz CT molecular complexity index is 1420. The molecule has 0 aliphatic heterocycles. The number of anilines is 2. The molecule has 5 aromatic rings. The van der Waals surface area contributed by atoms with Crippen LogP contribution in [0.5, 0.6) is 0 Å². The zero-order chi connectivity index (χ0) is 23.5. The fraction of sp³-hybridized carbons (Fsp3) is 0.0833. The molecule has 2 aromatic carbocycles. The van der Waals surface area contributed by atoms with E-state index in [2.05, 4.69) is 15.2 Å². The molecule has 0 saturated heterocycles. The highest BCUT2D eigenvalue weighted by Crippen LogP contribution is 2.34. The fourth-order valence-corrected chi connectivity index (χ4v) is 5.21. The minimum Gasteiger partial charge on any atom is -0.461 e. The van der Waals surface area contributed by atoms with E-state index in [0.29, 0.717) is 27.6 Å². The second-order valence-electron chi connectivity index (χ2n) is 7.17. The molecule has 3 aromatic heterocycles. The number of carbonyl (C=O) groups is 1. The van der Waals surface area contributed by atoms with E-state index >= 15 is 0 Å². The molecule has 0 radical (unpaired) electrons. The van der Waals surface area contributed by atoms with Crippen LogP contribution in [-0.2, 0) is 10.5 Å². The average Bonchev–Trinajstić information content (AvgIpc) is 3.60. The summed E-state index contributed by atoms with van der Waals surface area (Å²) in [4.78, 5) is 18.2. The van der Waals surface area contributed by atoms with Gasteiger partial charge in [-0.2, -0.15) is 0 Å². The van der Waals surface area contributed by atoms with Gasteiger partial charge in [-0.05, 0) is 36.4 Å². The van der Waals surface area contributed by atoms with E-state index in [1.165, 1.54) is 41.0 Å². The van der Waals surface area contributed by atoms with Crippen molar-refractivity contribution < 1.29 is 13.6 Å². The van der Waals surface area contributed by atoms with Crippen LogP contribution in [0.4, 0.5) is 15.2 Å². The Hall–Kier alpha value is -3.76.